The van der Waals surface area contributed by atoms with E-state index < -0.39 is 0 Å². The second kappa shape index (κ2) is 10.6. The first-order valence-corrected chi connectivity index (χ1v) is 11.1. The molecular formula is C24H35N3O2. The third-order valence-electron chi connectivity index (χ3n) is 5.63. The Bertz CT molecular complexity index is 798. The number of amides is 1. The first kappa shape index (κ1) is 21.6. The number of aryl methyl sites for hydroxylation is 1. The van der Waals surface area contributed by atoms with E-state index >= 15 is 0 Å². The number of likely N-dealkylation sites (tertiary alicyclic amines) is 1. The molecule has 0 bridgehead atoms. The normalized spacial score (nSPS) is 15.7. The third kappa shape index (κ3) is 6.17. The fourth-order valence-corrected chi connectivity index (χ4v) is 3.80. The summed E-state index contributed by atoms with van der Waals surface area (Å²) in [5.74, 6) is 1.10. The second-order valence-electron chi connectivity index (χ2n) is 8.38. The molecule has 158 valence electrons. The summed E-state index contributed by atoms with van der Waals surface area (Å²) in [6.45, 7) is 9.70. The zero-order chi connectivity index (χ0) is 20.6. The van der Waals surface area contributed by atoms with Crippen molar-refractivity contribution in [2.75, 3.05) is 26.2 Å². The van der Waals surface area contributed by atoms with Crippen LogP contribution >= 0.6 is 0 Å². The van der Waals surface area contributed by atoms with Crippen molar-refractivity contribution in [2.24, 2.45) is 5.92 Å². The molecule has 1 aromatic carbocycles. The molecule has 5 heteroatoms. The van der Waals surface area contributed by atoms with E-state index in [1.807, 2.05) is 26.1 Å². The topological polar surface area (TPSA) is 54.5 Å². The number of nitrogens with zero attached hydrogens (tertiary/aromatic N) is 2. The molecule has 0 saturated carbocycles. The van der Waals surface area contributed by atoms with Gasteiger partial charge in [0.1, 0.15) is 17.4 Å². The molecule has 0 spiro atoms. The summed E-state index contributed by atoms with van der Waals surface area (Å²) in [5, 5.41) is 4.16. The van der Waals surface area contributed by atoms with Gasteiger partial charge in [0.05, 0.1) is 0 Å². The minimum atomic E-state index is 0.0469. The molecule has 1 amide bonds. The Hall–Kier alpha value is -2.14. The van der Waals surface area contributed by atoms with E-state index in [1.54, 1.807) is 0 Å². The number of hydrogen-bond acceptors (Lipinski definition) is 4. The van der Waals surface area contributed by atoms with Crippen molar-refractivity contribution in [2.45, 2.75) is 59.0 Å². The summed E-state index contributed by atoms with van der Waals surface area (Å²) >= 11 is 0. The van der Waals surface area contributed by atoms with Gasteiger partial charge >= 0.3 is 0 Å². The van der Waals surface area contributed by atoms with Crippen molar-refractivity contribution in [1.82, 2.24) is 15.2 Å². The second-order valence-corrected chi connectivity index (χ2v) is 8.38. The molecule has 2 aromatic rings. The smallest absolute Gasteiger partial charge is 0.222 e. The predicted octanol–water partition coefficient (Wildman–Crippen LogP) is 4.19. The van der Waals surface area contributed by atoms with Crippen LogP contribution < -0.4 is 10.1 Å². The minimum absolute atomic E-state index is 0.0469. The highest BCUT2D eigenvalue weighted by atomic mass is 16.5. The molecule has 1 saturated heterocycles. The standard InChI is InChI=1S/C24H35N3O2/c1-4-5-7-19-16-20-8-6-11-25-23(20)22(17-19)29-21-9-13-27(14-10-21)15-12-26-24(28)18(2)3/h6,8,11,16-18,21H,4-5,7,9-10,12-15H2,1-3H3,(H,26,28). The van der Waals surface area contributed by atoms with Gasteiger partial charge in [0.2, 0.25) is 5.91 Å². The maximum absolute atomic E-state index is 11.7. The first-order valence-electron chi connectivity index (χ1n) is 11.1. The van der Waals surface area contributed by atoms with Gasteiger partial charge in [0, 0.05) is 43.7 Å². The van der Waals surface area contributed by atoms with Crippen LogP contribution in [0.5, 0.6) is 5.75 Å². The summed E-state index contributed by atoms with van der Waals surface area (Å²) < 4.78 is 6.45. The minimum Gasteiger partial charge on any atom is -0.488 e. The lowest BCUT2D eigenvalue weighted by molar-refractivity contribution is -0.124. The van der Waals surface area contributed by atoms with E-state index in [0.29, 0.717) is 0 Å². The van der Waals surface area contributed by atoms with Crippen LogP contribution in [-0.2, 0) is 11.2 Å². The summed E-state index contributed by atoms with van der Waals surface area (Å²) in [5.41, 5.74) is 2.30. The molecule has 1 aliphatic rings. The van der Waals surface area contributed by atoms with Crippen molar-refractivity contribution in [3.8, 4) is 5.75 Å². The Labute approximate surface area is 174 Å². The van der Waals surface area contributed by atoms with Crippen LogP contribution in [-0.4, -0.2) is 48.1 Å². The molecule has 1 N–H and O–H groups in total. The number of piperidine rings is 1. The van der Waals surface area contributed by atoms with Gasteiger partial charge in [-0.15, -0.1) is 0 Å². The number of hydrogen-bond donors (Lipinski definition) is 1. The maximum Gasteiger partial charge on any atom is 0.222 e. The summed E-state index contributed by atoms with van der Waals surface area (Å²) in [6, 6.07) is 8.56. The van der Waals surface area contributed by atoms with Crippen LogP contribution in [0, 0.1) is 5.92 Å². The summed E-state index contributed by atoms with van der Waals surface area (Å²) in [4.78, 5) is 18.7. The Kier molecular flexibility index (Phi) is 7.87. The fraction of sp³-hybridized carbons (Fsp3) is 0.583. The van der Waals surface area contributed by atoms with Crippen molar-refractivity contribution < 1.29 is 9.53 Å². The van der Waals surface area contributed by atoms with Gasteiger partial charge in [0.25, 0.3) is 0 Å². The molecule has 0 unspecified atom stereocenters. The van der Waals surface area contributed by atoms with Crippen LogP contribution in [0.3, 0.4) is 0 Å². The molecule has 2 heterocycles. The molecule has 1 aliphatic heterocycles. The lowest BCUT2D eigenvalue weighted by Gasteiger charge is -2.32. The maximum atomic E-state index is 11.7. The molecule has 1 fully saturated rings. The lowest BCUT2D eigenvalue weighted by Crippen LogP contribution is -2.42. The van der Waals surface area contributed by atoms with Gasteiger partial charge in [-0.2, -0.15) is 0 Å². The van der Waals surface area contributed by atoms with Crippen molar-refractivity contribution in [1.29, 1.82) is 0 Å². The quantitative estimate of drug-likeness (QED) is 0.689. The largest absolute Gasteiger partial charge is 0.488 e. The van der Waals surface area contributed by atoms with Gasteiger partial charge in [-0.05, 0) is 49.4 Å². The van der Waals surface area contributed by atoms with E-state index in [1.165, 1.54) is 18.4 Å². The van der Waals surface area contributed by atoms with Crippen LogP contribution in [0.2, 0.25) is 0 Å². The lowest BCUT2D eigenvalue weighted by atomic mass is 10.0. The highest BCUT2D eigenvalue weighted by Gasteiger charge is 2.21. The van der Waals surface area contributed by atoms with E-state index in [-0.39, 0.29) is 17.9 Å². The first-order chi connectivity index (χ1) is 14.1. The van der Waals surface area contributed by atoms with E-state index in [0.717, 1.165) is 62.1 Å². The number of fused-ring (bicyclic) bond motifs is 1. The van der Waals surface area contributed by atoms with Gasteiger partial charge in [0.15, 0.2) is 0 Å². The highest BCUT2D eigenvalue weighted by Crippen LogP contribution is 2.29. The molecular weight excluding hydrogens is 362 g/mol. The number of pyridine rings is 1. The van der Waals surface area contributed by atoms with E-state index in [9.17, 15) is 4.79 Å². The Balaban J connectivity index is 1.56. The number of nitrogens with one attached hydrogen (secondary N) is 1. The van der Waals surface area contributed by atoms with Crippen molar-refractivity contribution >= 4 is 16.8 Å². The molecule has 5 nitrogen and oxygen atoms in total. The fourth-order valence-electron chi connectivity index (χ4n) is 3.80. The molecule has 1 aromatic heterocycles. The number of carbonyl (C=O) groups excluding carboxylic acids is 1. The number of ether oxygens (including phenoxy) is 1. The molecule has 0 radical (unpaired) electrons. The number of benzene rings is 1. The average Bonchev–Trinajstić information content (AvgIpc) is 2.73. The van der Waals surface area contributed by atoms with Crippen LogP contribution in [0.15, 0.2) is 30.5 Å². The monoisotopic (exact) mass is 397 g/mol. The Morgan fingerprint density at radius 1 is 1.31 bits per heavy atom. The number of carbonyl (C=O) groups is 1. The van der Waals surface area contributed by atoms with Crippen LogP contribution in [0.1, 0.15) is 52.0 Å². The average molecular weight is 398 g/mol. The van der Waals surface area contributed by atoms with Gasteiger partial charge in [-0.25, -0.2) is 0 Å². The van der Waals surface area contributed by atoms with E-state index in [2.05, 4.69) is 40.3 Å². The third-order valence-corrected chi connectivity index (χ3v) is 5.63. The molecule has 0 atom stereocenters. The Morgan fingerprint density at radius 3 is 2.83 bits per heavy atom. The van der Waals surface area contributed by atoms with Gasteiger partial charge in [-0.1, -0.05) is 33.3 Å². The number of aromatic nitrogens is 1. The molecule has 29 heavy (non-hydrogen) atoms. The Morgan fingerprint density at radius 2 is 2.10 bits per heavy atom. The highest BCUT2D eigenvalue weighted by molar-refractivity contribution is 5.85. The summed E-state index contributed by atoms with van der Waals surface area (Å²) in [7, 11) is 0. The van der Waals surface area contributed by atoms with Gasteiger partial charge in [-0.3, -0.25) is 9.78 Å². The number of rotatable bonds is 9. The van der Waals surface area contributed by atoms with Gasteiger partial charge < -0.3 is 15.0 Å². The predicted molar refractivity (Wildman–Crippen MR) is 118 cm³/mol. The zero-order valence-electron chi connectivity index (χ0n) is 18.1. The van der Waals surface area contributed by atoms with Crippen LogP contribution in [0.4, 0.5) is 0 Å². The molecule has 0 aliphatic carbocycles. The molecule has 3 rings (SSSR count). The number of unbranched alkanes of at least 4 members (excludes halogenated alkanes) is 1. The van der Waals surface area contributed by atoms with Crippen molar-refractivity contribution in [3.05, 3.63) is 36.0 Å². The van der Waals surface area contributed by atoms with Crippen molar-refractivity contribution in [3.63, 3.8) is 0 Å². The SMILES string of the molecule is CCCCc1cc(OC2CCN(CCNC(=O)C(C)C)CC2)c2ncccc2c1. The summed E-state index contributed by atoms with van der Waals surface area (Å²) in [6.07, 6.45) is 7.54. The zero-order valence-corrected chi connectivity index (χ0v) is 18.1. The van der Waals surface area contributed by atoms with Crippen LogP contribution in [0.25, 0.3) is 10.9 Å². The van der Waals surface area contributed by atoms with E-state index in [4.69, 9.17) is 4.74 Å².